The van der Waals surface area contributed by atoms with E-state index in [1.54, 1.807) is 6.20 Å². The van der Waals surface area contributed by atoms with Crippen molar-refractivity contribution in [3.8, 4) is 0 Å². The summed E-state index contributed by atoms with van der Waals surface area (Å²) in [6.07, 6.45) is 2.87. The van der Waals surface area contributed by atoms with Crippen molar-refractivity contribution < 1.29 is 0 Å². The van der Waals surface area contributed by atoms with E-state index in [-0.39, 0.29) is 24.0 Å². The van der Waals surface area contributed by atoms with Crippen LogP contribution in [0.4, 0.5) is 5.82 Å². The minimum atomic E-state index is 0. The highest BCUT2D eigenvalue weighted by molar-refractivity contribution is 14.0. The summed E-state index contributed by atoms with van der Waals surface area (Å²) in [7, 11) is 0. The molecule has 0 spiro atoms. The van der Waals surface area contributed by atoms with E-state index in [9.17, 15) is 0 Å². The molecule has 3 N–H and O–H groups in total. The lowest BCUT2D eigenvalue weighted by Crippen LogP contribution is -2.39. The molecular weight excluding hydrogens is 421 g/mol. The topological polar surface area (TPSA) is 66.5 Å². The Morgan fingerprint density at radius 3 is 3.13 bits per heavy atom. The summed E-state index contributed by atoms with van der Waals surface area (Å²) >= 11 is 1.87. The number of rotatable bonds is 4. The molecule has 2 aromatic heterocycles. The summed E-state index contributed by atoms with van der Waals surface area (Å²) in [6, 6.07) is 8.26. The third-order valence-electron chi connectivity index (χ3n) is 3.91. The van der Waals surface area contributed by atoms with Gasteiger partial charge >= 0.3 is 0 Å². The van der Waals surface area contributed by atoms with Crippen LogP contribution in [0.3, 0.4) is 0 Å². The van der Waals surface area contributed by atoms with E-state index in [1.807, 2.05) is 29.5 Å². The number of guanidine groups is 1. The number of nitrogens with one attached hydrogen (secondary N) is 1. The Kier molecular flexibility index (Phi) is 6.79. The molecule has 0 aliphatic carbocycles. The maximum Gasteiger partial charge on any atom is 0.194 e. The third-order valence-corrected chi connectivity index (χ3v) is 4.93. The predicted molar refractivity (Wildman–Crippen MR) is 108 cm³/mol. The molecule has 1 unspecified atom stereocenters. The fourth-order valence-corrected chi connectivity index (χ4v) is 3.49. The Morgan fingerprint density at radius 2 is 2.35 bits per heavy atom. The van der Waals surface area contributed by atoms with Gasteiger partial charge in [-0.3, -0.25) is 9.89 Å². The van der Waals surface area contributed by atoms with E-state index < -0.39 is 0 Å². The van der Waals surface area contributed by atoms with Crippen LogP contribution >= 0.6 is 35.3 Å². The first-order chi connectivity index (χ1) is 10.7. The Morgan fingerprint density at radius 1 is 1.48 bits per heavy atom. The van der Waals surface area contributed by atoms with Crippen LogP contribution in [0.1, 0.15) is 17.4 Å². The highest BCUT2D eigenvalue weighted by Gasteiger charge is 2.21. The zero-order valence-corrected chi connectivity index (χ0v) is 16.3. The molecule has 1 aliphatic heterocycles. The van der Waals surface area contributed by atoms with Crippen LogP contribution in [0, 0.1) is 0 Å². The molecule has 5 nitrogen and oxygen atoms in total. The third kappa shape index (κ3) is 4.89. The molecule has 0 saturated heterocycles. The summed E-state index contributed by atoms with van der Waals surface area (Å²) in [4.78, 5) is 12.6. The molecule has 1 atom stereocenters. The van der Waals surface area contributed by atoms with Crippen molar-refractivity contribution in [3.05, 3.63) is 46.3 Å². The van der Waals surface area contributed by atoms with Crippen molar-refractivity contribution in [2.24, 2.45) is 10.7 Å². The van der Waals surface area contributed by atoms with Crippen molar-refractivity contribution in [1.82, 2.24) is 9.88 Å². The van der Waals surface area contributed by atoms with Crippen LogP contribution in [0.25, 0.3) is 0 Å². The minimum Gasteiger partial charge on any atom is -0.370 e. The molecule has 3 heterocycles. The van der Waals surface area contributed by atoms with Gasteiger partial charge in [-0.1, -0.05) is 6.07 Å². The Labute approximate surface area is 158 Å². The molecule has 0 radical (unpaired) electrons. The van der Waals surface area contributed by atoms with Gasteiger partial charge in [-0.15, -0.1) is 35.3 Å². The zero-order valence-electron chi connectivity index (χ0n) is 13.1. The zero-order chi connectivity index (χ0) is 15.4. The number of fused-ring (bicyclic) bond motifs is 1. The van der Waals surface area contributed by atoms with Gasteiger partial charge in [0.1, 0.15) is 5.82 Å². The lowest BCUT2D eigenvalue weighted by Gasteiger charge is -2.31. The van der Waals surface area contributed by atoms with Crippen molar-refractivity contribution in [3.63, 3.8) is 0 Å². The highest BCUT2D eigenvalue weighted by atomic mass is 127. The van der Waals surface area contributed by atoms with Gasteiger partial charge in [0.25, 0.3) is 0 Å². The van der Waals surface area contributed by atoms with Crippen LogP contribution in [-0.2, 0) is 13.0 Å². The molecule has 0 aromatic carbocycles. The fraction of sp³-hybridized carbons (Fsp3) is 0.375. The lowest BCUT2D eigenvalue weighted by molar-refractivity contribution is 0.197. The second-order valence-corrected chi connectivity index (χ2v) is 6.51. The number of pyridine rings is 1. The standard InChI is InChI=1S/C16H21N5S.HI/c1-12(21-8-5-14-13(11-21)6-9-22-14)10-19-16(17)20-15-4-2-3-7-18-15;/h2-4,6-7,9,12H,5,8,10-11H2,1H3,(H3,17,18,19,20);1H. The Balaban J connectivity index is 0.00000192. The van der Waals surface area contributed by atoms with Crippen LogP contribution in [0.5, 0.6) is 0 Å². The monoisotopic (exact) mass is 443 g/mol. The van der Waals surface area contributed by atoms with Gasteiger partial charge < -0.3 is 11.1 Å². The highest BCUT2D eigenvalue weighted by Crippen LogP contribution is 2.25. The normalized spacial score (nSPS) is 16.3. The number of hydrogen-bond donors (Lipinski definition) is 2. The molecule has 7 heteroatoms. The van der Waals surface area contributed by atoms with E-state index in [1.165, 1.54) is 10.4 Å². The number of halogens is 1. The van der Waals surface area contributed by atoms with E-state index in [2.05, 4.69) is 38.6 Å². The largest absolute Gasteiger partial charge is 0.370 e. The Hall–Kier alpha value is -1.19. The number of aliphatic imine (C=N–C) groups is 1. The van der Waals surface area contributed by atoms with Crippen LogP contribution < -0.4 is 11.1 Å². The van der Waals surface area contributed by atoms with E-state index in [0.717, 1.165) is 25.3 Å². The van der Waals surface area contributed by atoms with Crippen molar-refractivity contribution in [2.75, 3.05) is 18.4 Å². The quantitative estimate of drug-likeness (QED) is 0.433. The summed E-state index contributed by atoms with van der Waals surface area (Å²) in [6.45, 7) is 5.00. The van der Waals surface area contributed by atoms with E-state index >= 15 is 0 Å². The smallest absolute Gasteiger partial charge is 0.194 e. The van der Waals surface area contributed by atoms with Crippen molar-refractivity contribution in [1.29, 1.82) is 0 Å². The van der Waals surface area contributed by atoms with Crippen LogP contribution in [0.15, 0.2) is 40.8 Å². The van der Waals surface area contributed by atoms with Crippen LogP contribution in [0.2, 0.25) is 0 Å². The molecule has 0 bridgehead atoms. The number of thiophene rings is 1. The molecule has 0 amide bonds. The molecule has 124 valence electrons. The van der Waals surface area contributed by atoms with E-state index in [0.29, 0.717) is 18.5 Å². The first-order valence-corrected chi connectivity index (χ1v) is 8.37. The molecule has 0 fully saturated rings. The average molecular weight is 443 g/mol. The molecule has 0 saturated carbocycles. The van der Waals surface area contributed by atoms with Gasteiger partial charge in [-0.05, 0) is 42.5 Å². The SMILES string of the molecule is CC(CN=C(N)Nc1ccccn1)N1CCc2sccc2C1.I. The number of hydrogen-bond acceptors (Lipinski definition) is 4. The molecule has 2 aromatic rings. The number of aromatic nitrogens is 1. The van der Waals surface area contributed by atoms with Gasteiger partial charge in [0.05, 0.1) is 6.54 Å². The maximum absolute atomic E-state index is 5.93. The van der Waals surface area contributed by atoms with E-state index in [4.69, 9.17) is 5.73 Å². The number of anilines is 1. The first-order valence-electron chi connectivity index (χ1n) is 7.49. The van der Waals surface area contributed by atoms with Gasteiger partial charge in [-0.2, -0.15) is 0 Å². The second kappa shape index (κ2) is 8.60. The molecule has 23 heavy (non-hydrogen) atoms. The summed E-state index contributed by atoms with van der Waals surface area (Å²) in [5, 5.41) is 5.20. The minimum absolute atomic E-state index is 0. The van der Waals surface area contributed by atoms with Crippen LogP contribution in [-0.4, -0.2) is 35.0 Å². The Bertz CT molecular complexity index is 643. The van der Waals surface area contributed by atoms with Gasteiger partial charge in [-0.25, -0.2) is 4.98 Å². The van der Waals surface area contributed by atoms with Crippen molar-refractivity contribution in [2.45, 2.75) is 25.9 Å². The van der Waals surface area contributed by atoms with Gasteiger partial charge in [0.15, 0.2) is 5.96 Å². The molecular formula is C16H22IN5S. The lowest BCUT2D eigenvalue weighted by atomic mass is 10.1. The van der Waals surface area contributed by atoms with Crippen molar-refractivity contribution >= 4 is 47.1 Å². The number of nitrogens with zero attached hydrogens (tertiary/aromatic N) is 3. The molecule has 3 rings (SSSR count). The summed E-state index contributed by atoms with van der Waals surface area (Å²) in [5.41, 5.74) is 7.39. The molecule has 1 aliphatic rings. The van der Waals surface area contributed by atoms with Gasteiger partial charge in [0.2, 0.25) is 0 Å². The average Bonchev–Trinajstić information content (AvgIpc) is 3.01. The summed E-state index contributed by atoms with van der Waals surface area (Å²) in [5.74, 6) is 1.14. The predicted octanol–water partition coefficient (Wildman–Crippen LogP) is 2.93. The number of nitrogens with two attached hydrogens (primary N) is 1. The second-order valence-electron chi connectivity index (χ2n) is 5.50. The fourth-order valence-electron chi connectivity index (χ4n) is 2.60. The summed E-state index contributed by atoms with van der Waals surface area (Å²) < 4.78 is 0. The first kappa shape index (κ1) is 18.2. The maximum atomic E-state index is 5.93. The van der Waals surface area contributed by atoms with Gasteiger partial charge in [0, 0.05) is 30.2 Å².